The van der Waals surface area contributed by atoms with Gasteiger partial charge in [-0.05, 0) is 36.6 Å². The van der Waals surface area contributed by atoms with E-state index in [0.29, 0.717) is 13.0 Å². The predicted molar refractivity (Wildman–Crippen MR) is 90.0 cm³/mol. The molecule has 1 atom stereocenters. The molecule has 6 heteroatoms. The third kappa shape index (κ3) is 4.34. The Labute approximate surface area is 140 Å². The topological polar surface area (TPSA) is 55.6 Å². The Balaban J connectivity index is 0.00000220. The van der Waals surface area contributed by atoms with Crippen molar-refractivity contribution in [3.05, 3.63) is 28.2 Å². The van der Waals surface area contributed by atoms with Crippen LogP contribution in [0, 0.1) is 5.41 Å². The summed E-state index contributed by atoms with van der Waals surface area (Å²) in [4.78, 5) is 14.3. The fourth-order valence-corrected chi connectivity index (χ4v) is 2.97. The second-order valence-corrected chi connectivity index (χ2v) is 6.63. The van der Waals surface area contributed by atoms with E-state index in [0.717, 1.165) is 35.3 Å². The number of halogens is 2. The van der Waals surface area contributed by atoms with E-state index in [1.807, 2.05) is 23.1 Å². The summed E-state index contributed by atoms with van der Waals surface area (Å²) in [7, 11) is 1.62. The number of nitrogens with two attached hydrogens (primary N) is 1. The van der Waals surface area contributed by atoms with Crippen LogP contribution in [0.25, 0.3) is 0 Å². The minimum atomic E-state index is 0. The molecule has 2 N–H and O–H groups in total. The Morgan fingerprint density at radius 2 is 2.24 bits per heavy atom. The van der Waals surface area contributed by atoms with E-state index >= 15 is 0 Å². The van der Waals surface area contributed by atoms with Crippen molar-refractivity contribution in [3.8, 4) is 5.75 Å². The summed E-state index contributed by atoms with van der Waals surface area (Å²) in [6.45, 7) is 4.30. The van der Waals surface area contributed by atoms with E-state index in [-0.39, 0.29) is 23.7 Å². The molecular weight excluding hydrogens is 356 g/mol. The van der Waals surface area contributed by atoms with Crippen LogP contribution < -0.4 is 10.5 Å². The highest BCUT2D eigenvalue weighted by Crippen LogP contribution is 2.30. The molecule has 118 valence electrons. The van der Waals surface area contributed by atoms with Gasteiger partial charge in [0.05, 0.1) is 13.5 Å². The van der Waals surface area contributed by atoms with Crippen molar-refractivity contribution in [2.45, 2.75) is 19.8 Å². The van der Waals surface area contributed by atoms with Gasteiger partial charge in [0.2, 0.25) is 5.91 Å². The van der Waals surface area contributed by atoms with Crippen LogP contribution in [0.3, 0.4) is 0 Å². The molecule has 1 aliphatic rings. The maximum atomic E-state index is 12.4. The summed E-state index contributed by atoms with van der Waals surface area (Å²) in [5.41, 5.74) is 6.76. The van der Waals surface area contributed by atoms with Crippen LogP contribution in [0.15, 0.2) is 22.7 Å². The number of hydrogen-bond acceptors (Lipinski definition) is 3. The van der Waals surface area contributed by atoms with Gasteiger partial charge in [-0.1, -0.05) is 22.9 Å². The Bertz CT molecular complexity index is 512. The first-order valence-corrected chi connectivity index (χ1v) is 7.57. The molecule has 1 fully saturated rings. The summed E-state index contributed by atoms with van der Waals surface area (Å²) in [6.07, 6.45) is 1.34. The van der Waals surface area contributed by atoms with Crippen LogP contribution in [-0.2, 0) is 11.2 Å². The molecule has 0 bridgehead atoms. The van der Waals surface area contributed by atoms with E-state index in [1.165, 1.54) is 0 Å². The normalized spacial score (nSPS) is 21.0. The molecule has 2 rings (SSSR count). The highest BCUT2D eigenvalue weighted by molar-refractivity contribution is 9.10. The third-order valence-corrected chi connectivity index (χ3v) is 4.48. The first kappa shape index (κ1) is 18.3. The maximum absolute atomic E-state index is 12.4. The van der Waals surface area contributed by atoms with Gasteiger partial charge in [0, 0.05) is 23.1 Å². The number of ether oxygens (including phenoxy) is 1. The molecule has 1 aromatic carbocycles. The number of likely N-dealkylation sites (tertiary alicyclic amines) is 1. The lowest BCUT2D eigenvalue weighted by molar-refractivity contribution is -0.129. The van der Waals surface area contributed by atoms with Crippen LogP contribution in [0.4, 0.5) is 0 Å². The summed E-state index contributed by atoms with van der Waals surface area (Å²) in [5, 5.41) is 0. The molecule has 0 radical (unpaired) electrons. The molecule has 1 amide bonds. The van der Waals surface area contributed by atoms with Crippen molar-refractivity contribution in [2.75, 3.05) is 26.7 Å². The largest absolute Gasteiger partial charge is 0.496 e. The zero-order valence-electron chi connectivity index (χ0n) is 12.4. The molecule has 1 saturated heterocycles. The monoisotopic (exact) mass is 376 g/mol. The number of hydrogen-bond donors (Lipinski definition) is 1. The van der Waals surface area contributed by atoms with Crippen molar-refractivity contribution in [3.63, 3.8) is 0 Å². The fourth-order valence-electron chi connectivity index (χ4n) is 2.56. The van der Waals surface area contributed by atoms with Crippen molar-refractivity contribution in [1.29, 1.82) is 0 Å². The molecule has 0 spiro atoms. The SMILES string of the molecule is COc1ccc(Br)cc1CC(=O)N1CCC(C)(CN)C1.Cl. The van der Waals surface area contributed by atoms with Crippen LogP contribution in [-0.4, -0.2) is 37.6 Å². The summed E-state index contributed by atoms with van der Waals surface area (Å²) >= 11 is 3.43. The average molecular weight is 378 g/mol. The summed E-state index contributed by atoms with van der Waals surface area (Å²) < 4.78 is 6.27. The van der Waals surface area contributed by atoms with Gasteiger partial charge in [-0.15, -0.1) is 12.4 Å². The Kier molecular flexibility index (Phi) is 6.50. The van der Waals surface area contributed by atoms with E-state index in [4.69, 9.17) is 10.5 Å². The summed E-state index contributed by atoms with van der Waals surface area (Å²) in [5.74, 6) is 0.890. The second-order valence-electron chi connectivity index (χ2n) is 5.71. The van der Waals surface area contributed by atoms with E-state index in [2.05, 4.69) is 22.9 Å². The standard InChI is InChI=1S/C15H21BrN2O2.ClH/c1-15(9-17)5-6-18(10-15)14(19)8-11-7-12(16)3-4-13(11)20-2;/h3-4,7H,5-6,8-10,17H2,1-2H3;1H. The number of carbonyl (C=O) groups is 1. The van der Waals surface area contributed by atoms with Gasteiger partial charge in [-0.25, -0.2) is 0 Å². The molecule has 0 saturated carbocycles. The quantitative estimate of drug-likeness (QED) is 0.877. The van der Waals surface area contributed by atoms with Crippen LogP contribution in [0.2, 0.25) is 0 Å². The first-order valence-electron chi connectivity index (χ1n) is 6.78. The zero-order valence-corrected chi connectivity index (χ0v) is 14.8. The predicted octanol–water partition coefficient (Wildman–Crippen LogP) is 2.62. The van der Waals surface area contributed by atoms with Crippen molar-refractivity contribution in [1.82, 2.24) is 4.90 Å². The Morgan fingerprint density at radius 3 is 2.81 bits per heavy atom. The molecular formula is C15H22BrClN2O2. The molecule has 0 aromatic heterocycles. The summed E-state index contributed by atoms with van der Waals surface area (Å²) in [6, 6.07) is 5.73. The molecule has 1 heterocycles. The highest BCUT2D eigenvalue weighted by atomic mass is 79.9. The fraction of sp³-hybridized carbons (Fsp3) is 0.533. The number of amides is 1. The smallest absolute Gasteiger partial charge is 0.227 e. The molecule has 1 aromatic rings. The van der Waals surface area contributed by atoms with Crippen molar-refractivity contribution >= 4 is 34.2 Å². The molecule has 1 unspecified atom stereocenters. The lowest BCUT2D eigenvalue weighted by atomic mass is 9.90. The molecule has 0 aliphatic carbocycles. The van der Waals surface area contributed by atoms with Gasteiger partial charge in [-0.2, -0.15) is 0 Å². The zero-order chi connectivity index (χ0) is 14.8. The lowest BCUT2D eigenvalue weighted by Gasteiger charge is -2.22. The van der Waals surface area contributed by atoms with Crippen molar-refractivity contribution in [2.24, 2.45) is 11.1 Å². The average Bonchev–Trinajstić information content (AvgIpc) is 2.83. The van der Waals surface area contributed by atoms with Gasteiger partial charge in [0.25, 0.3) is 0 Å². The maximum Gasteiger partial charge on any atom is 0.227 e. The van der Waals surface area contributed by atoms with Crippen LogP contribution in [0.5, 0.6) is 5.75 Å². The minimum Gasteiger partial charge on any atom is -0.496 e. The van der Waals surface area contributed by atoms with Gasteiger partial charge < -0.3 is 15.4 Å². The van der Waals surface area contributed by atoms with Crippen LogP contribution >= 0.6 is 28.3 Å². The highest BCUT2D eigenvalue weighted by Gasteiger charge is 2.34. The molecule has 1 aliphatic heterocycles. The van der Waals surface area contributed by atoms with Crippen LogP contribution in [0.1, 0.15) is 18.9 Å². The number of carbonyl (C=O) groups excluding carboxylic acids is 1. The number of nitrogens with zero attached hydrogens (tertiary/aromatic N) is 1. The number of benzene rings is 1. The van der Waals surface area contributed by atoms with E-state index in [1.54, 1.807) is 7.11 Å². The van der Waals surface area contributed by atoms with Crippen molar-refractivity contribution < 1.29 is 9.53 Å². The Hall–Kier alpha value is -0.780. The lowest BCUT2D eigenvalue weighted by Crippen LogP contribution is -2.35. The van der Waals surface area contributed by atoms with Gasteiger partial charge in [0.15, 0.2) is 0 Å². The van der Waals surface area contributed by atoms with Gasteiger partial charge >= 0.3 is 0 Å². The third-order valence-electron chi connectivity index (χ3n) is 3.99. The first-order chi connectivity index (χ1) is 9.47. The van der Waals surface area contributed by atoms with E-state index < -0.39 is 0 Å². The minimum absolute atomic E-state index is 0. The van der Waals surface area contributed by atoms with E-state index in [9.17, 15) is 4.79 Å². The van der Waals surface area contributed by atoms with Gasteiger partial charge in [0.1, 0.15) is 5.75 Å². The number of rotatable bonds is 4. The molecule has 4 nitrogen and oxygen atoms in total. The number of methoxy groups -OCH3 is 1. The Morgan fingerprint density at radius 1 is 1.52 bits per heavy atom. The molecule has 21 heavy (non-hydrogen) atoms. The van der Waals surface area contributed by atoms with Gasteiger partial charge in [-0.3, -0.25) is 4.79 Å². The second kappa shape index (κ2) is 7.47.